The second-order valence-electron chi connectivity index (χ2n) is 4.20. The fraction of sp³-hybridized carbons (Fsp3) is 0.455. The molecule has 1 aliphatic rings. The van der Waals surface area contributed by atoms with Gasteiger partial charge in [-0.05, 0) is 40.4 Å². The maximum absolute atomic E-state index is 11.8. The summed E-state index contributed by atoms with van der Waals surface area (Å²) in [7, 11) is 0. The zero-order chi connectivity index (χ0) is 13.1. The van der Waals surface area contributed by atoms with Crippen LogP contribution >= 0.6 is 27.3 Å². The fourth-order valence-electron chi connectivity index (χ4n) is 1.93. The van der Waals surface area contributed by atoms with Crippen LogP contribution in [0.5, 0.6) is 0 Å². The Kier molecular flexibility index (Phi) is 4.23. The Hall–Kier alpha value is -1.08. The molecule has 0 aliphatic carbocycles. The quantitative estimate of drug-likeness (QED) is 0.891. The topological polar surface area (TPSA) is 69.6 Å². The molecule has 0 saturated carbocycles. The number of nitrogens with one attached hydrogen (secondary N) is 1. The lowest BCUT2D eigenvalue weighted by Crippen LogP contribution is -2.32. The molecule has 2 heterocycles. The Morgan fingerprint density at radius 1 is 1.56 bits per heavy atom. The van der Waals surface area contributed by atoms with Gasteiger partial charge in [0, 0.05) is 19.6 Å². The smallest absolute Gasteiger partial charge is 0.407 e. The van der Waals surface area contributed by atoms with Crippen LogP contribution in [0.1, 0.15) is 16.1 Å². The molecule has 98 valence electrons. The van der Waals surface area contributed by atoms with Crippen LogP contribution in [-0.2, 0) is 0 Å². The van der Waals surface area contributed by atoms with E-state index in [1.807, 2.05) is 6.07 Å². The average molecular weight is 333 g/mol. The van der Waals surface area contributed by atoms with E-state index in [1.54, 1.807) is 6.07 Å². The van der Waals surface area contributed by atoms with Crippen LogP contribution in [0.15, 0.2) is 15.9 Å². The molecule has 0 spiro atoms. The lowest BCUT2D eigenvalue weighted by Gasteiger charge is -2.12. The van der Waals surface area contributed by atoms with Crippen molar-refractivity contribution in [1.82, 2.24) is 10.2 Å². The third kappa shape index (κ3) is 3.23. The van der Waals surface area contributed by atoms with E-state index >= 15 is 0 Å². The Labute approximate surface area is 117 Å². The van der Waals surface area contributed by atoms with Crippen molar-refractivity contribution in [3.63, 3.8) is 0 Å². The van der Waals surface area contributed by atoms with Gasteiger partial charge in [-0.15, -0.1) is 11.3 Å². The minimum atomic E-state index is -0.883. The number of thiophene rings is 1. The van der Waals surface area contributed by atoms with Crippen molar-refractivity contribution >= 4 is 39.3 Å². The molecule has 0 unspecified atom stereocenters. The van der Waals surface area contributed by atoms with Crippen molar-refractivity contribution in [1.29, 1.82) is 0 Å². The zero-order valence-corrected chi connectivity index (χ0v) is 12.0. The van der Waals surface area contributed by atoms with Crippen LogP contribution in [0.2, 0.25) is 0 Å². The number of amides is 2. The summed E-state index contributed by atoms with van der Waals surface area (Å²) in [6.45, 7) is 1.59. The summed E-state index contributed by atoms with van der Waals surface area (Å²) in [5, 5.41) is 11.7. The third-order valence-electron chi connectivity index (χ3n) is 2.90. The lowest BCUT2D eigenvalue weighted by atomic mass is 10.1. The van der Waals surface area contributed by atoms with Crippen molar-refractivity contribution < 1.29 is 14.7 Å². The van der Waals surface area contributed by atoms with Gasteiger partial charge in [-0.3, -0.25) is 4.79 Å². The minimum Gasteiger partial charge on any atom is -0.465 e. The van der Waals surface area contributed by atoms with E-state index < -0.39 is 6.09 Å². The maximum atomic E-state index is 11.8. The van der Waals surface area contributed by atoms with E-state index in [0.717, 1.165) is 10.2 Å². The molecular weight excluding hydrogens is 320 g/mol. The molecule has 1 aromatic rings. The molecule has 2 amide bonds. The number of carbonyl (C=O) groups excluding carboxylic acids is 1. The number of hydrogen-bond acceptors (Lipinski definition) is 3. The molecule has 0 aromatic carbocycles. The number of hydrogen-bond donors (Lipinski definition) is 2. The fourth-order valence-corrected chi connectivity index (χ4v) is 3.24. The van der Waals surface area contributed by atoms with Crippen LogP contribution in [0.25, 0.3) is 0 Å². The molecular formula is C11H13BrN2O3S. The van der Waals surface area contributed by atoms with Gasteiger partial charge in [-0.2, -0.15) is 0 Å². The number of likely N-dealkylation sites (tertiary alicyclic amines) is 1. The van der Waals surface area contributed by atoms with E-state index in [-0.39, 0.29) is 11.8 Å². The monoisotopic (exact) mass is 332 g/mol. The molecule has 7 heteroatoms. The van der Waals surface area contributed by atoms with Crippen molar-refractivity contribution in [2.75, 3.05) is 19.6 Å². The number of rotatable bonds is 3. The number of carboxylic acid groups (broad SMARTS) is 1. The molecule has 0 radical (unpaired) electrons. The average Bonchev–Trinajstić information content (AvgIpc) is 2.94. The second-order valence-corrected chi connectivity index (χ2v) is 6.66. The van der Waals surface area contributed by atoms with Gasteiger partial charge < -0.3 is 15.3 Å². The summed E-state index contributed by atoms with van der Waals surface area (Å²) >= 11 is 4.69. The van der Waals surface area contributed by atoms with Crippen molar-refractivity contribution in [3.05, 3.63) is 20.8 Å². The van der Waals surface area contributed by atoms with Crippen LogP contribution in [-0.4, -0.2) is 41.6 Å². The van der Waals surface area contributed by atoms with Gasteiger partial charge in [-0.1, -0.05) is 0 Å². The highest BCUT2D eigenvalue weighted by Gasteiger charge is 2.26. The summed E-state index contributed by atoms with van der Waals surface area (Å²) in [4.78, 5) is 24.6. The first-order valence-corrected chi connectivity index (χ1v) is 7.18. The molecule has 1 aliphatic heterocycles. The molecule has 2 N–H and O–H groups in total. The largest absolute Gasteiger partial charge is 0.465 e. The molecule has 1 saturated heterocycles. The highest BCUT2D eigenvalue weighted by atomic mass is 79.9. The van der Waals surface area contributed by atoms with Crippen LogP contribution < -0.4 is 5.32 Å². The third-order valence-corrected chi connectivity index (χ3v) is 4.53. The highest BCUT2D eigenvalue weighted by molar-refractivity contribution is 9.11. The number of carbonyl (C=O) groups is 2. The van der Waals surface area contributed by atoms with Crippen LogP contribution in [0.4, 0.5) is 4.79 Å². The molecule has 18 heavy (non-hydrogen) atoms. The van der Waals surface area contributed by atoms with Crippen molar-refractivity contribution in [2.24, 2.45) is 5.92 Å². The SMILES string of the molecule is O=C(NC[C@@H]1CCN(C(=O)O)C1)c1ccc(Br)s1. The summed E-state index contributed by atoms with van der Waals surface area (Å²) in [6, 6.07) is 3.60. The zero-order valence-electron chi connectivity index (χ0n) is 9.56. The summed E-state index contributed by atoms with van der Waals surface area (Å²) < 4.78 is 0.922. The van der Waals surface area contributed by atoms with Gasteiger partial charge in [0.25, 0.3) is 5.91 Å². The first-order chi connectivity index (χ1) is 8.56. The Bertz CT molecular complexity index is 463. The van der Waals surface area contributed by atoms with Crippen LogP contribution in [0.3, 0.4) is 0 Å². The molecule has 2 rings (SSSR count). The van der Waals surface area contributed by atoms with Gasteiger partial charge in [-0.25, -0.2) is 4.79 Å². The minimum absolute atomic E-state index is 0.0977. The van der Waals surface area contributed by atoms with Gasteiger partial charge in [0.2, 0.25) is 0 Å². The van der Waals surface area contributed by atoms with Crippen LogP contribution in [0, 0.1) is 5.92 Å². The lowest BCUT2D eigenvalue weighted by molar-refractivity contribution is 0.0951. The molecule has 5 nitrogen and oxygen atoms in total. The van der Waals surface area contributed by atoms with E-state index in [4.69, 9.17) is 5.11 Å². The van der Waals surface area contributed by atoms with E-state index in [2.05, 4.69) is 21.2 Å². The highest BCUT2D eigenvalue weighted by Crippen LogP contribution is 2.22. The molecule has 1 atom stereocenters. The first-order valence-electron chi connectivity index (χ1n) is 5.57. The number of halogens is 1. The summed E-state index contributed by atoms with van der Waals surface area (Å²) in [6.07, 6.45) is -0.0771. The van der Waals surface area contributed by atoms with Crippen molar-refractivity contribution in [2.45, 2.75) is 6.42 Å². The maximum Gasteiger partial charge on any atom is 0.407 e. The predicted octanol–water partition coefficient (Wildman–Crippen LogP) is 2.24. The van der Waals surface area contributed by atoms with E-state index in [1.165, 1.54) is 16.2 Å². The first kappa shape index (κ1) is 13.4. The Morgan fingerprint density at radius 2 is 2.33 bits per heavy atom. The molecule has 0 bridgehead atoms. The summed E-state index contributed by atoms with van der Waals surface area (Å²) in [5.41, 5.74) is 0. The van der Waals surface area contributed by atoms with E-state index in [9.17, 15) is 9.59 Å². The predicted molar refractivity (Wildman–Crippen MR) is 72.1 cm³/mol. The van der Waals surface area contributed by atoms with Crippen molar-refractivity contribution in [3.8, 4) is 0 Å². The van der Waals surface area contributed by atoms with Gasteiger partial charge >= 0.3 is 6.09 Å². The van der Waals surface area contributed by atoms with E-state index in [0.29, 0.717) is 24.5 Å². The normalized spacial score (nSPS) is 18.9. The Balaban J connectivity index is 1.79. The number of nitrogens with zero attached hydrogens (tertiary/aromatic N) is 1. The van der Waals surface area contributed by atoms with Gasteiger partial charge in [0.1, 0.15) is 0 Å². The summed E-state index contributed by atoms with van der Waals surface area (Å²) in [5.74, 6) is 0.118. The Morgan fingerprint density at radius 3 is 2.89 bits per heavy atom. The van der Waals surface area contributed by atoms with Gasteiger partial charge in [0.15, 0.2) is 0 Å². The molecule has 1 fully saturated rings. The standard InChI is InChI=1S/C11H13BrN2O3S/c12-9-2-1-8(18-9)10(15)13-5-7-3-4-14(6-7)11(16)17/h1-2,7H,3-6H2,(H,13,15)(H,16,17)/t7-/m0/s1. The second kappa shape index (κ2) is 5.71. The molecule has 1 aromatic heterocycles. The van der Waals surface area contributed by atoms with Gasteiger partial charge in [0.05, 0.1) is 8.66 Å².